The standard InChI is InChI=1S/C34H34Cl3N3O4S/c1-34(2,3)38-33(42)31(21-24-10-6-4-7-11-24)39(22-25-14-19-29(36)30(37)20-25)32(41)23-40(27-17-15-26(35)16-18-27)45(43,44)28-12-8-5-9-13-28/h4-20,31H,21-23H2,1-3H3,(H,38,42)/t31-/m1/s1. The van der Waals surface area contributed by atoms with Crippen LogP contribution in [0.5, 0.6) is 0 Å². The summed E-state index contributed by atoms with van der Waals surface area (Å²) in [6.45, 7) is 4.93. The van der Waals surface area contributed by atoms with Crippen LogP contribution in [-0.4, -0.2) is 43.3 Å². The first kappa shape index (κ1) is 34.3. The smallest absolute Gasteiger partial charge is 0.264 e. The summed E-state index contributed by atoms with van der Waals surface area (Å²) < 4.78 is 29.1. The van der Waals surface area contributed by atoms with Gasteiger partial charge in [0.1, 0.15) is 12.6 Å². The topological polar surface area (TPSA) is 86.8 Å². The van der Waals surface area contributed by atoms with E-state index in [1.807, 2.05) is 51.1 Å². The number of hydrogen-bond acceptors (Lipinski definition) is 4. The van der Waals surface area contributed by atoms with Crippen LogP contribution in [0.4, 0.5) is 5.69 Å². The van der Waals surface area contributed by atoms with E-state index in [1.165, 1.54) is 29.2 Å². The SMILES string of the molecule is CC(C)(C)NC(=O)[C@@H](Cc1ccccc1)N(Cc1ccc(Cl)c(Cl)c1)C(=O)CN(c1ccc(Cl)cc1)S(=O)(=O)c1ccccc1. The number of carbonyl (C=O) groups excluding carboxylic acids is 2. The zero-order chi connectivity index (χ0) is 32.8. The number of anilines is 1. The molecule has 4 aromatic rings. The lowest BCUT2D eigenvalue weighted by molar-refractivity contribution is -0.140. The van der Waals surface area contributed by atoms with Crippen molar-refractivity contribution in [1.82, 2.24) is 10.2 Å². The van der Waals surface area contributed by atoms with E-state index in [4.69, 9.17) is 34.8 Å². The zero-order valence-corrected chi connectivity index (χ0v) is 28.2. The number of halogens is 3. The van der Waals surface area contributed by atoms with Crippen LogP contribution in [0.15, 0.2) is 108 Å². The van der Waals surface area contributed by atoms with Crippen LogP contribution >= 0.6 is 34.8 Å². The number of nitrogens with one attached hydrogen (secondary N) is 1. The molecule has 11 heteroatoms. The highest BCUT2D eigenvalue weighted by molar-refractivity contribution is 7.92. The molecule has 0 spiro atoms. The molecule has 0 aliphatic carbocycles. The first-order valence-corrected chi connectivity index (χ1v) is 16.7. The summed E-state index contributed by atoms with van der Waals surface area (Å²) in [5, 5.41) is 4.04. The molecule has 0 aliphatic heterocycles. The van der Waals surface area contributed by atoms with Gasteiger partial charge in [0.15, 0.2) is 0 Å². The molecular weight excluding hydrogens is 653 g/mol. The van der Waals surface area contributed by atoms with Gasteiger partial charge in [-0.05, 0) is 80.4 Å². The molecule has 0 bridgehead atoms. The van der Waals surface area contributed by atoms with Crippen LogP contribution in [0, 0.1) is 0 Å². The lowest BCUT2D eigenvalue weighted by Gasteiger charge is -2.35. The third-order valence-electron chi connectivity index (χ3n) is 6.83. The zero-order valence-electron chi connectivity index (χ0n) is 25.1. The number of rotatable bonds is 11. The van der Waals surface area contributed by atoms with Gasteiger partial charge in [-0.1, -0.05) is 89.4 Å². The predicted molar refractivity (Wildman–Crippen MR) is 181 cm³/mol. The summed E-state index contributed by atoms with van der Waals surface area (Å²) in [5.74, 6) is -0.982. The Balaban J connectivity index is 1.82. The number of benzene rings is 4. The predicted octanol–water partition coefficient (Wildman–Crippen LogP) is 7.40. The second kappa shape index (κ2) is 14.7. The fraction of sp³-hybridized carbons (Fsp3) is 0.235. The molecule has 0 saturated carbocycles. The van der Waals surface area contributed by atoms with Gasteiger partial charge in [0.05, 0.1) is 20.6 Å². The first-order valence-electron chi connectivity index (χ1n) is 14.2. The molecule has 0 heterocycles. The van der Waals surface area contributed by atoms with Crippen molar-refractivity contribution in [2.24, 2.45) is 0 Å². The average Bonchev–Trinajstić information content (AvgIpc) is 3.00. The van der Waals surface area contributed by atoms with Crippen LogP contribution in [0.25, 0.3) is 0 Å². The van der Waals surface area contributed by atoms with E-state index in [9.17, 15) is 18.0 Å². The van der Waals surface area contributed by atoms with E-state index < -0.39 is 34.1 Å². The van der Waals surface area contributed by atoms with E-state index >= 15 is 0 Å². The second-order valence-electron chi connectivity index (χ2n) is 11.5. The fourth-order valence-corrected chi connectivity index (χ4v) is 6.58. The molecule has 0 aliphatic rings. The third-order valence-corrected chi connectivity index (χ3v) is 9.61. The molecule has 0 unspecified atom stereocenters. The van der Waals surface area contributed by atoms with Gasteiger partial charge < -0.3 is 10.2 Å². The molecular formula is C34H34Cl3N3O4S. The molecule has 45 heavy (non-hydrogen) atoms. The highest BCUT2D eigenvalue weighted by Crippen LogP contribution is 2.28. The van der Waals surface area contributed by atoms with Crippen LogP contribution in [-0.2, 0) is 32.6 Å². The molecule has 0 aromatic heterocycles. The van der Waals surface area contributed by atoms with Crippen molar-refractivity contribution in [1.29, 1.82) is 0 Å². The minimum Gasteiger partial charge on any atom is -0.350 e. The Hall–Kier alpha value is -3.56. The molecule has 0 saturated heterocycles. The number of sulfonamides is 1. The van der Waals surface area contributed by atoms with E-state index in [2.05, 4.69) is 5.32 Å². The number of carbonyl (C=O) groups is 2. The maximum absolute atomic E-state index is 14.5. The van der Waals surface area contributed by atoms with Gasteiger partial charge in [0.2, 0.25) is 11.8 Å². The van der Waals surface area contributed by atoms with Crippen molar-refractivity contribution >= 4 is 62.3 Å². The molecule has 2 amide bonds. The summed E-state index contributed by atoms with van der Waals surface area (Å²) in [6.07, 6.45) is 0.183. The summed E-state index contributed by atoms with van der Waals surface area (Å²) in [5.41, 5.74) is 1.08. The molecule has 7 nitrogen and oxygen atoms in total. The Labute approximate surface area is 279 Å². The molecule has 4 rings (SSSR count). The second-order valence-corrected chi connectivity index (χ2v) is 14.6. The van der Waals surface area contributed by atoms with Gasteiger partial charge >= 0.3 is 0 Å². The van der Waals surface area contributed by atoms with Gasteiger partial charge in [-0.15, -0.1) is 0 Å². The Kier molecular flexibility index (Phi) is 11.2. The Morgan fingerprint density at radius 2 is 1.38 bits per heavy atom. The van der Waals surface area contributed by atoms with Crippen molar-refractivity contribution in [3.8, 4) is 0 Å². The minimum absolute atomic E-state index is 0.00935. The monoisotopic (exact) mass is 685 g/mol. The molecule has 0 radical (unpaired) electrons. The summed E-state index contributed by atoms with van der Waals surface area (Å²) >= 11 is 18.6. The van der Waals surface area contributed by atoms with E-state index in [0.29, 0.717) is 15.6 Å². The third kappa shape index (κ3) is 9.23. The lowest BCUT2D eigenvalue weighted by Crippen LogP contribution is -2.56. The first-order chi connectivity index (χ1) is 21.2. The van der Waals surface area contributed by atoms with Gasteiger partial charge in [0, 0.05) is 23.5 Å². The molecule has 1 atom stereocenters. The van der Waals surface area contributed by atoms with Gasteiger partial charge in [-0.2, -0.15) is 0 Å². The highest BCUT2D eigenvalue weighted by atomic mass is 35.5. The maximum Gasteiger partial charge on any atom is 0.264 e. The lowest BCUT2D eigenvalue weighted by atomic mass is 10.0. The van der Waals surface area contributed by atoms with Crippen molar-refractivity contribution in [2.45, 2.75) is 50.2 Å². The van der Waals surface area contributed by atoms with E-state index in [0.717, 1.165) is 9.87 Å². The summed E-state index contributed by atoms with van der Waals surface area (Å²) in [6, 6.07) is 27.3. The van der Waals surface area contributed by atoms with Crippen molar-refractivity contribution in [2.75, 3.05) is 10.8 Å². The van der Waals surface area contributed by atoms with E-state index in [1.54, 1.807) is 48.5 Å². The van der Waals surface area contributed by atoms with Crippen LogP contribution in [0.1, 0.15) is 31.9 Å². The van der Waals surface area contributed by atoms with Crippen molar-refractivity contribution < 1.29 is 18.0 Å². The largest absolute Gasteiger partial charge is 0.350 e. The van der Waals surface area contributed by atoms with Crippen molar-refractivity contribution in [3.63, 3.8) is 0 Å². The highest BCUT2D eigenvalue weighted by Gasteiger charge is 2.35. The average molecular weight is 687 g/mol. The van der Waals surface area contributed by atoms with Gasteiger partial charge in [-0.3, -0.25) is 13.9 Å². The molecule has 236 valence electrons. The fourth-order valence-electron chi connectivity index (χ4n) is 4.70. The van der Waals surface area contributed by atoms with Crippen molar-refractivity contribution in [3.05, 3.63) is 129 Å². The molecule has 1 N–H and O–H groups in total. The van der Waals surface area contributed by atoms with Gasteiger partial charge in [-0.25, -0.2) is 8.42 Å². The number of nitrogens with zero attached hydrogens (tertiary/aromatic N) is 2. The van der Waals surface area contributed by atoms with Crippen LogP contribution in [0.2, 0.25) is 15.1 Å². The van der Waals surface area contributed by atoms with E-state index in [-0.39, 0.29) is 34.5 Å². The number of hydrogen-bond donors (Lipinski definition) is 1. The van der Waals surface area contributed by atoms with Crippen LogP contribution in [0.3, 0.4) is 0 Å². The summed E-state index contributed by atoms with van der Waals surface area (Å²) in [4.78, 5) is 29.8. The Bertz CT molecular complexity index is 1730. The van der Waals surface area contributed by atoms with Crippen LogP contribution < -0.4 is 9.62 Å². The maximum atomic E-state index is 14.5. The molecule has 4 aromatic carbocycles. The Morgan fingerprint density at radius 3 is 1.96 bits per heavy atom. The Morgan fingerprint density at radius 1 is 0.778 bits per heavy atom. The normalized spacial score (nSPS) is 12.3. The minimum atomic E-state index is -4.21. The molecule has 0 fully saturated rings. The quantitative estimate of drug-likeness (QED) is 0.178. The summed E-state index contributed by atoms with van der Waals surface area (Å²) in [7, 11) is -4.21. The number of amides is 2. The van der Waals surface area contributed by atoms with Gasteiger partial charge in [0.25, 0.3) is 10.0 Å².